The quantitative estimate of drug-likeness (QED) is 0.773. The first-order valence-corrected chi connectivity index (χ1v) is 7.64. The smallest absolute Gasteiger partial charge is 0.128 e. The molecule has 1 heterocycles. The van der Waals surface area contributed by atoms with E-state index in [0.29, 0.717) is 0 Å². The third-order valence-corrected chi connectivity index (χ3v) is 4.06. The SMILES string of the molecule is c1ccc(-n2c(CNCC3CC3)nc3ccccc32)cc1. The lowest BCUT2D eigenvalue weighted by atomic mass is 10.3. The molecule has 0 spiro atoms. The van der Waals surface area contributed by atoms with Gasteiger partial charge in [-0.25, -0.2) is 4.98 Å². The zero-order chi connectivity index (χ0) is 14.1. The van der Waals surface area contributed by atoms with Crippen molar-refractivity contribution in [3.63, 3.8) is 0 Å². The zero-order valence-electron chi connectivity index (χ0n) is 12.0. The number of hydrogen-bond donors (Lipinski definition) is 1. The fourth-order valence-electron chi connectivity index (χ4n) is 2.77. The number of aromatic nitrogens is 2. The fraction of sp³-hybridized carbons (Fsp3) is 0.278. The van der Waals surface area contributed by atoms with Crippen LogP contribution in [-0.4, -0.2) is 16.1 Å². The van der Waals surface area contributed by atoms with Gasteiger partial charge in [-0.05, 0) is 49.6 Å². The summed E-state index contributed by atoms with van der Waals surface area (Å²) in [7, 11) is 0. The van der Waals surface area contributed by atoms with Gasteiger partial charge < -0.3 is 5.32 Å². The highest BCUT2D eigenvalue weighted by Crippen LogP contribution is 2.28. The Balaban J connectivity index is 1.73. The van der Waals surface area contributed by atoms with Crippen molar-refractivity contribution in [2.24, 2.45) is 5.92 Å². The van der Waals surface area contributed by atoms with Gasteiger partial charge in [0.1, 0.15) is 5.82 Å². The van der Waals surface area contributed by atoms with Crippen molar-refractivity contribution in [1.29, 1.82) is 0 Å². The Morgan fingerprint density at radius 3 is 2.57 bits per heavy atom. The molecule has 3 aromatic rings. The summed E-state index contributed by atoms with van der Waals surface area (Å²) in [6, 6.07) is 18.8. The molecule has 1 aromatic heterocycles. The molecule has 0 saturated heterocycles. The van der Waals surface area contributed by atoms with Crippen molar-refractivity contribution in [2.45, 2.75) is 19.4 Å². The van der Waals surface area contributed by atoms with Gasteiger partial charge in [0.2, 0.25) is 0 Å². The minimum Gasteiger partial charge on any atom is -0.310 e. The summed E-state index contributed by atoms with van der Waals surface area (Å²) in [6.45, 7) is 1.93. The van der Waals surface area contributed by atoms with Gasteiger partial charge in [-0.3, -0.25) is 4.57 Å². The predicted octanol–water partition coefficient (Wildman–Crippen LogP) is 3.53. The lowest BCUT2D eigenvalue weighted by Crippen LogP contribution is -2.19. The fourth-order valence-corrected chi connectivity index (χ4v) is 2.77. The van der Waals surface area contributed by atoms with Crippen molar-refractivity contribution in [1.82, 2.24) is 14.9 Å². The van der Waals surface area contributed by atoms with Crippen LogP contribution in [0.4, 0.5) is 0 Å². The number of hydrogen-bond acceptors (Lipinski definition) is 2. The van der Waals surface area contributed by atoms with E-state index in [0.717, 1.165) is 30.3 Å². The number of rotatable bonds is 5. The van der Waals surface area contributed by atoms with Gasteiger partial charge in [0, 0.05) is 5.69 Å². The number of imidazole rings is 1. The molecule has 1 saturated carbocycles. The van der Waals surface area contributed by atoms with E-state index in [-0.39, 0.29) is 0 Å². The van der Waals surface area contributed by atoms with Crippen LogP contribution >= 0.6 is 0 Å². The Labute approximate surface area is 124 Å². The predicted molar refractivity (Wildman–Crippen MR) is 85.5 cm³/mol. The first-order chi connectivity index (χ1) is 10.4. The molecule has 21 heavy (non-hydrogen) atoms. The molecule has 1 aliphatic rings. The molecular weight excluding hydrogens is 258 g/mol. The molecule has 4 rings (SSSR count). The highest BCUT2D eigenvalue weighted by molar-refractivity contribution is 5.78. The van der Waals surface area contributed by atoms with E-state index < -0.39 is 0 Å². The molecule has 106 valence electrons. The third-order valence-electron chi connectivity index (χ3n) is 4.06. The van der Waals surface area contributed by atoms with Gasteiger partial charge in [0.25, 0.3) is 0 Å². The number of para-hydroxylation sites is 3. The number of benzene rings is 2. The van der Waals surface area contributed by atoms with Gasteiger partial charge in [0.05, 0.1) is 17.6 Å². The summed E-state index contributed by atoms with van der Waals surface area (Å²) in [5.74, 6) is 1.97. The maximum absolute atomic E-state index is 4.81. The van der Waals surface area contributed by atoms with Gasteiger partial charge in [-0.2, -0.15) is 0 Å². The van der Waals surface area contributed by atoms with Crippen molar-refractivity contribution in [3.8, 4) is 5.69 Å². The molecular formula is C18H19N3. The molecule has 0 radical (unpaired) electrons. The van der Waals surface area contributed by atoms with Crippen LogP contribution in [0.5, 0.6) is 0 Å². The van der Waals surface area contributed by atoms with Crippen LogP contribution in [0, 0.1) is 5.92 Å². The number of fused-ring (bicyclic) bond motifs is 1. The second kappa shape index (κ2) is 5.34. The molecule has 0 unspecified atom stereocenters. The van der Waals surface area contributed by atoms with Crippen LogP contribution in [0.15, 0.2) is 54.6 Å². The van der Waals surface area contributed by atoms with Crippen LogP contribution in [-0.2, 0) is 6.54 Å². The summed E-state index contributed by atoms with van der Waals surface area (Å²) in [5, 5.41) is 3.55. The van der Waals surface area contributed by atoms with E-state index in [4.69, 9.17) is 4.98 Å². The molecule has 0 aliphatic heterocycles. The van der Waals surface area contributed by atoms with Crippen LogP contribution in [0.1, 0.15) is 18.7 Å². The summed E-state index contributed by atoms with van der Waals surface area (Å²) in [6.07, 6.45) is 2.75. The summed E-state index contributed by atoms with van der Waals surface area (Å²) in [4.78, 5) is 4.81. The van der Waals surface area contributed by atoms with Gasteiger partial charge in [-0.15, -0.1) is 0 Å². The minimum atomic E-state index is 0.820. The highest BCUT2D eigenvalue weighted by atomic mass is 15.1. The molecule has 1 aliphatic carbocycles. The Morgan fingerprint density at radius 1 is 1.00 bits per heavy atom. The van der Waals surface area contributed by atoms with E-state index >= 15 is 0 Å². The van der Waals surface area contributed by atoms with Crippen LogP contribution < -0.4 is 5.32 Å². The maximum Gasteiger partial charge on any atom is 0.128 e. The summed E-state index contributed by atoms with van der Waals surface area (Å²) < 4.78 is 2.26. The molecule has 3 heteroatoms. The van der Waals surface area contributed by atoms with Crippen LogP contribution in [0.3, 0.4) is 0 Å². The van der Waals surface area contributed by atoms with Crippen molar-refractivity contribution < 1.29 is 0 Å². The first-order valence-electron chi connectivity index (χ1n) is 7.64. The van der Waals surface area contributed by atoms with Crippen LogP contribution in [0.2, 0.25) is 0 Å². The third kappa shape index (κ3) is 2.57. The Hall–Kier alpha value is -2.13. The molecule has 0 atom stereocenters. The summed E-state index contributed by atoms with van der Waals surface area (Å²) in [5.41, 5.74) is 3.41. The lowest BCUT2D eigenvalue weighted by molar-refractivity contribution is 0.616. The number of nitrogens with zero attached hydrogens (tertiary/aromatic N) is 2. The highest BCUT2D eigenvalue weighted by Gasteiger charge is 2.20. The summed E-state index contributed by atoms with van der Waals surface area (Å²) >= 11 is 0. The van der Waals surface area contributed by atoms with Crippen molar-refractivity contribution >= 4 is 11.0 Å². The first kappa shape index (κ1) is 12.6. The van der Waals surface area contributed by atoms with Crippen molar-refractivity contribution in [3.05, 3.63) is 60.4 Å². The second-order valence-corrected chi connectivity index (χ2v) is 5.76. The molecule has 0 amide bonds. The van der Waals surface area contributed by atoms with Crippen LogP contribution in [0.25, 0.3) is 16.7 Å². The largest absolute Gasteiger partial charge is 0.310 e. The molecule has 1 N–H and O–H groups in total. The minimum absolute atomic E-state index is 0.820. The van der Waals surface area contributed by atoms with Crippen molar-refractivity contribution in [2.75, 3.05) is 6.54 Å². The Morgan fingerprint density at radius 2 is 1.76 bits per heavy atom. The van der Waals surface area contributed by atoms with Gasteiger partial charge >= 0.3 is 0 Å². The molecule has 2 aromatic carbocycles. The van der Waals surface area contributed by atoms with E-state index in [9.17, 15) is 0 Å². The van der Waals surface area contributed by atoms with Gasteiger partial charge in [-0.1, -0.05) is 30.3 Å². The Bertz CT molecular complexity index is 742. The lowest BCUT2D eigenvalue weighted by Gasteiger charge is -2.10. The topological polar surface area (TPSA) is 29.9 Å². The average Bonchev–Trinajstić information content (AvgIpc) is 3.27. The zero-order valence-corrected chi connectivity index (χ0v) is 12.0. The maximum atomic E-state index is 4.81. The van der Waals surface area contributed by atoms with E-state index in [2.05, 4.69) is 52.3 Å². The normalized spacial score (nSPS) is 14.7. The van der Waals surface area contributed by atoms with E-state index in [1.807, 2.05) is 12.1 Å². The molecule has 0 bridgehead atoms. The molecule has 1 fully saturated rings. The standard InChI is InChI=1S/C18H19N3/c1-2-6-15(7-3-1)21-17-9-5-4-8-16(17)20-18(21)13-19-12-14-10-11-14/h1-9,14,19H,10-13H2. The Kier molecular flexibility index (Phi) is 3.20. The monoisotopic (exact) mass is 277 g/mol. The van der Waals surface area contributed by atoms with Gasteiger partial charge in [0.15, 0.2) is 0 Å². The van der Waals surface area contributed by atoms with E-state index in [1.54, 1.807) is 0 Å². The second-order valence-electron chi connectivity index (χ2n) is 5.76. The molecule has 3 nitrogen and oxygen atoms in total. The number of nitrogens with one attached hydrogen (secondary N) is 1. The van der Waals surface area contributed by atoms with E-state index in [1.165, 1.54) is 24.0 Å². The average molecular weight is 277 g/mol.